The van der Waals surface area contributed by atoms with Gasteiger partial charge in [0.05, 0.1) is 6.85 Å². The Kier molecular flexibility index (Phi) is 5.20. The molecule has 1 heteroatoms. The number of benzene rings is 9. The molecule has 228 valence electrons. The van der Waals surface area contributed by atoms with Crippen molar-refractivity contribution >= 4 is 54.3 Å². The van der Waals surface area contributed by atoms with Crippen molar-refractivity contribution in [2.75, 3.05) is 0 Å². The van der Waals surface area contributed by atoms with E-state index in [1.807, 2.05) is 48.5 Å². The maximum absolute atomic E-state index is 8.75. The summed E-state index contributed by atoms with van der Waals surface area (Å²) in [6, 6.07) is 50.7. The SMILES string of the molecule is [2H]c1c([2H])c([2H])c(-c2ccc(-c3c4ccccc4c(-c4cccc(-c5cccc6oc7ccccc7c56)c4)c4ccccc34)c3ccccc23)c([2H])c1[2H]. The summed E-state index contributed by atoms with van der Waals surface area (Å²) >= 11 is 0. The van der Waals surface area contributed by atoms with Crippen LogP contribution in [0.2, 0.25) is 0 Å². The molecule has 0 bridgehead atoms. The maximum atomic E-state index is 8.75. The lowest BCUT2D eigenvalue weighted by Gasteiger charge is -2.20. The van der Waals surface area contributed by atoms with E-state index in [0.29, 0.717) is 5.56 Å². The van der Waals surface area contributed by atoms with Crippen LogP contribution in [-0.2, 0) is 0 Å². The summed E-state index contributed by atoms with van der Waals surface area (Å²) in [5.74, 6) is 0. The molecular weight excluding hydrogens is 593 g/mol. The van der Waals surface area contributed by atoms with Gasteiger partial charge in [0.25, 0.3) is 0 Å². The molecule has 10 rings (SSSR count). The van der Waals surface area contributed by atoms with Crippen LogP contribution in [0.3, 0.4) is 0 Å². The minimum Gasteiger partial charge on any atom is -0.456 e. The van der Waals surface area contributed by atoms with Crippen molar-refractivity contribution in [3.05, 3.63) is 182 Å². The fourth-order valence-corrected chi connectivity index (χ4v) is 7.71. The molecule has 0 amide bonds. The number of para-hydroxylation sites is 1. The lowest BCUT2D eigenvalue weighted by atomic mass is 9.83. The van der Waals surface area contributed by atoms with Crippen molar-refractivity contribution in [3.8, 4) is 44.5 Å². The second kappa shape index (κ2) is 11.1. The van der Waals surface area contributed by atoms with Crippen LogP contribution < -0.4 is 0 Å². The predicted octanol–water partition coefficient (Wildman–Crippen LogP) is 13.7. The molecule has 9 aromatic carbocycles. The number of rotatable bonds is 4. The van der Waals surface area contributed by atoms with E-state index in [9.17, 15) is 0 Å². The summed E-state index contributed by atoms with van der Waals surface area (Å²) in [6.45, 7) is 0. The third-order valence-electron chi connectivity index (χ3n) is 9.76. The highest BCUT2D eigenvalue weighted by atomic mass is 16.3. The van der Waals surface area contributed by atoms with Gasteiger partial charge in [-0.15, -0.1) is 0 Å². The van der Waals surface area contributed by atoms with E-state index in [1.165, 1.54) is 0 Å². The van der Waals surface area contributed by atoms with Crippen LogP contribution in [0.15, 0.2) is 186 Å². The summed E-state index contributed by atoms with van der Waals surface area (Å²) in [4.78, 5) is 0. The van der Waals surface area contributed by atoms with Gasteiger partial charge in [0.2, 0.25) is 0 Å². The summed E-state index contributed by atoms with van der Waals surface area (Å²) in [6.07, 6.45) is 0. The quantitative estimate of drug-likeness (QED) is 0.177. The standard InChI is InChI=1S/C48H30O/c1-2-14-31(15-3-1)34-28-29-42(37-19-5-4-18-36(34)37)47-40-22-8-6-20-38(40)46(39-21-7-9-23-41(39)47)33-17-12-16-32(30-33)35-25-13-27-45-48(35)43-24-10-11-26-44(43)49-45/h1-30H/i1D,2D,3D,14D,15D. The molecule has 0 saturated carbocycles. The molecule has 0 saturated heterocycles. The first kappa shape index (κ1) is 23.0. The Morgan fingerprint density at radius 2 is 0.878 bits per heavy atom. The summed E-state index contributed by atoms with van der Waals surface area (Å²) in [5, 5.41) is 8.39. The highest BCUT2D eigenvalue weighted by Crippen LogP contribution is 2.47. The smallest absolute Gasteiger partial charge is 0.136 e. The summed E-state index contributed by atoms with van der Waals surface area (Å²) in [5.41, 5.74) is 9.12. The van der Waals surface area contributed by atoms with E-state index in [4.69, 9.17) is 11.3 Å². The molecule has 0 N–H and O–H groups in total. The monoisotopic (exact) mass is 627 g/mol. The lowest BCUT2D eigenvalue weighted by Crippen LogP contribution is -1.92. The Hall–Kier alpha value is -6.44. The zero-order valence-corrected chi connectivity index (χ0v) is 26.3. The van der Waals surface area contributed by atoms with Crippen LogP contribution >= 0.6 is 0 Å². The lowest BCUT2D eigenvalue weighted by molar-refractivity contribution is 0.669. The molecule has 1 heterocycles. The molecule has 0 atom stereocenters. The predicted molar refractivity (Wildman–Crippen MR) is 208 cm³/mol. The second-order valence-corrected chi connectivity index (χ2v) is 12.4. The van der Waals surface area contributed by atoms with Crippen LogP contribution in [0.25, 0.3) is 98.8 Å². The molecule has 0 unspecified atom stereocenters. The normalized spacial score (nSPS) is 13.1. The van der Waals surface area contributed by atoms with E-state index in [1.54, 1.807) is 0 Å². The highest BCUT2D eigenvalue weighted by molar-refractivity contribution is 6.24. The van der Waals surface area contributed by atoms with Crippen LogP contribution in [-0.4, -0.2) is 0 Å². The van der Waals surface area contributed by atoms with E-state index < -0.39 is 6.04 Å². The molecule has 0 aliphatic carbocycles. The van der Waals surface area contributed by atoms with Gasteiger partial charge in [-0.3, -0.25) is 0 Å². The van der Waals surface area contributed by atoms with E-state index >= 15 is 0 Å². The van der Waals surface area contributed by atoms with Gasteiger partial charge >= 0.3 is 0 Å². The van der Waals surface area contributed by atoms with Gasteiger partial charge in [-0.2, -0.15) is 0 Å². The van der Waals surface area contributed by atoms with Crippen molar-refractivity contribution in [1.29, 1.82) is 0 Å². The third-order valence-corrected chi connectivity index (χ3v) is 9.76. The maximum Gasteiger partial charge on any atom is 0.136 e. The summed E-state index contributed by atoms with van der Waals surface area (Å²) < 4.78 is 48.6. The minimum absolute atomic E-state index is 0.202. The molecule has 0 spiro atoms. The zero-order valence-electron chi connectivity index (χ0n) is 31.3. The Bertz CT molecular complexity index is 3090. The molecule has 0 fully saturated rings. The van der Waals surface area contributed by atoms with Crippen molar-refractivity contribution in [1.82, 2.24) is 0 Å². The second-order valence-electron chi connectivity index (χ2n) is 12.4. The van der Waals surface area contributed by atoms with Crippen LogP contribution in [0.5, 0.6) is 0 Å². The first-order valence-electron chi connectivity index (χ1n) is 18.9. The van der Waals surface area contributed by atoms with Crippen LogP contribution in [0.4, 0.5) is 0 Å². The molecule has 49 heavy (non-hydrogen) atoms. The first-order valence-corrected chi connectivity index (χ1v) is 16.4. The van der Waals surface area contributed by atoms with Gasteiger partial charge in [0.1, 0.15) is 11.2 Å². The van der Waals surface area contributed by atoms with Crippen molar-refractivity contribution in [2.45, 2.75) is 0 Å². The summed E-state index contributed by atoms with van der Waals surface area (Å²) in [7, 11) is 0. The molecular formula is C48H30O. The largest absolute Gasteiger partial charge is 0.456 e. The highest BCUT2D eigenvalue weighted by Gasteiger charge is 2.20. The van der Waals surface area contributed by atoms with Gasteiger partial charge < -0.3 is 4.42 Å². The average molecular weight is 628 g/mol. The van der Waals surface area contributed by atoms with E-state index in [-0.39, 0.29) is 29.7 Å². The Balaban J connectivity index is 1.23. The van der Waals surface area contributed by atoms with Gasteiger partial charge in [0.15, 0.2) is 0 Å². The van der Waals surface area contributed by atoms with Crippen LogP contribution in [0.1, 0.15) is 6.85 Å². The molecule has 1 nitrogen and oxygen atoms in total. The van der Waals surface area contributed by atoms with Gasteiger partial charge in [-0.1, -0.05) is 164 Å². The first-order chi connectivity index (χ1) is 26.4. The molecule has 1 aromatic heterocycles. The minimum atomic E-state index is -0.398. The molecule has 10 aromatic rings. The zero-order chi connectivity index (χ0) is 36.7. The van der Waals surface area contributed by atoms with Crippen molar-refractivity contribution in [2.24, 2.45) is 0 Å². The van der Waals surface area contributed by atoms with E-state index in [2.05, 4.69) is 103 Å². The fourth-order valence-electron chi connectivity index (χ4n) is 7.71. The van der Waals surface area contributed by atoms with Gasteiger partial charge in [-0.05, 0) is 95.0 Å². The number of fused-ring (bicyclic) bond motifs is 6. The number of hydrogen-bond donors (Lipinski definition) is 0. The van der Waals surface area contributed by atoms with Gasteiger partial charge in [-0.25, -0.2) is 0 Å². The van der Waals surface area contributed by atoms with Gasteiger partial charge in [0, 0.05) is 10.8 Å². The topological polar surface area (TPSA) is 13.1 Å². The number of hydrogen-bond acceptors (Lipinski definition) is 1. The van der Waals surface area contributed by atoms with Crippen molar-refractivity contribution in [3.63, 3.8) is 0 Å². The molecule has 0 radical (unpaired) electrons. The molecule has 0 aliphatic heterocycles. The Morgan fingerprint density at radius 1 is 0.347 bits per heavy atom. The number of furan rings is 1. The Morgan fingerprint density at radius 3 is 1.59 bits per heavy atom. The molecule has 0 aliphatic rings. The fraction of sp³-hybridized carbons (Fsp3) is 0. The average Bonchev–Trinajstić information content (AvgIpc) is 3.61. The third kappa shape index (κ3) is 4.33. The van der Waals surface area contributed by atoms with E-state index in [0.717, 1.165) is 87.6 Å². The van der Waals surface area contributed by atoms with Crippen LogP contribution in [0, 0.1) is 0 Å². The van der Waals surface area contributed by atoms with Crippen molar-refractivity contribution < 1.29 is 11.3 Å². The Labute approximate surface area is 291 Å².